The van der Waals surface area contributed by atoms with Crippen molar-refractivity contribution in [2.24, 2.45) is 0 Å². The third-order valence-corrected chi connectivity index (χ3v) is 8.22. The second-order valence-electron chi connectivity index (χ2n) is 6.34. The molecule has 0 aliphatic rings. The number of hydrogen-bond donors (Lipinski definition) is 1. The number of aliphatic hydroxyl groups excluding tert-OH is 1. The largest absolute Gasteiger partial charge is 0.541 e. The maximum atomic E-state index is 9.58. The maximum absolute atomic E-state index is 9.58. The van der Waals surface area contributed by atoms with Gasteiger partial charge in [0.25, 0.3) is 8.32 Å². The number of ether oxygens (including phenoxy) is 2. The molecule has 0 unspecified atom stereocenters. The van der Waals surface area contributed by atoms with Crippen molar-refractivity contribution in [3.05, 3.63) is 17.7 Å². The van der Waals surface area contributed by atoms with Crippen LogP contribution in [0.3, 0.4) is 0 Å². The van der Waals surface area contributed by atoms with Crippen LogP contribution < -0.4 is 13.9 Å². The zero-order chi connectivity index (χ0) is 15.6. The van der Waals surface area contributed by atoms with Crippen LogP contribution in [0, 0.1) is 0 Å². The highest BCUT2D eigenvalue weighted by molar-refractivity contribution is 6.74. The van der Waals surface area contributed by atoms with Crippen molar-refractivity contribution in [2.75, 3.05) is 14.2 Å². The molecule has 0 amide bonds. The molecule has 1 aromatic carbocycles. The molecule has 0 aliphatic carbocycles. The molecule has 0 radical (unpaired) electrons. The minimum Gasteiger partial charge on any atom is -0.541 e. The van der Waals surface area contributed by atoms with Crippen molar-refractivity contribution in [1.82, 2.24) is 0 Å². The summed E-state index contributed by atoms with van der Waals surface area (Å²) < 4.78 is 16.9. The summed E-state index contributed by atoms with van der Waals surface area (Å²) in [5.74, 6) is 1.87. The van der Waals surface area contributed by atoms with Crippen molar-refractivity contribution in [3.63, 3.8) is 0 Å². The van der Waals surface area contributed by atoms with Crippen LogP contribution in [0.1, 0.15) is 26.3 Å². The quantitative estimate of drug-likeness (QED) is 0.844. The van der Waals surface area contributed by atoms with E-state index in [9.17, 15) is 5.11 Å². The van der Waals surface area contributed by atoms with Gasteiger partial charge in [-0.05, 0) is 24.2 Å². The van der Waals surface area contributed by atoms with Gasteiger partial charge in [0, 0.05) is 11.6 Å². The molecule has 5 heteroatoms. The molecule has 1 aromatic rings. The number of aliphatic hydroxyl groups is 1. The van der Waals surface area contributed by atoms with Crippen LogP contribution >= 0.6 is 0 Å². The van der Waals surface area contributed by atoms with Crippen LogP contribution in [0.4, 0.5) is 0 Å². The molecule has 0 saturated heterocycles. The molecule has 0 bridgehead atoms. The van der Waals surface area contributed by atoms with Gasteiger partial charge in [-0.2, -0.15) is 0 Å². The van der Waals surface area contributed by atoms with Crippen molar-refractivity contribution in [3.8, 4) is 17.2 Å². The summed E-state index contributed by atoms with van der Waals surface area (Å²) in [6.45, 7) is 10.7. The molecule has 0 aromatic heterocycles. The van der Waals surface area contributed by atoms with Gasteiger partial charge in [-0.25, -0.2) is 0 Å². The molecule has 1 rings (SSSR count). The Labute approximate surface area is 122 Å². The van der Waals surface area contributed by atoms with E-state index in [1.54, 1.807) is 26.4 Å². The van der Waals surface area contributed by atoms with E-state index >= 15 is 0 Å². The zero-order valence-corrected chi connectivity index (χ0v) is 14.5. The molecular weight excluding hydrogens is 272 g/mol. The standard InChI is InChI=1S/C15H26O4Si/c1-15(2,3)20(6,7)19-14-11(10-16)8-12(17-4)9-13(14)18-5/h8-9,16H,10H2,1-7H3. The Morgan fingerprint density at radius 3 is 2.10 bits per heavy atom. The first kappa shape index (κ1) is 16.9. The van der Waals surface area contributed by atoms with Gasteiger partial charge in [0.2, 0.25) is 0 Å². The van der Waals surface area contributed by atoms with Crippen LogP contribution in [0.2, 0.25) is 18.1 Å². The van der Waals surface area contributed by atoms with E-state index in [2.05, 4.69) is 33.9 Å². The molecule has 0 heterocycles. The lowest BCUT2D eigenvalue weighted by Crippen LogP contribution is -2.44. The number of methoxy groups -OCH3 is 2. The molecule has 1 N–H and O–H groups in total. The van der Waals surface area contributed by atoms with E-state index in [0.29, 0.717) is 22.8 Å². The predicted molar refractivity (Wildman–Crippen MR) is 83.3 cm³/mol. The Morgan fingerprint density at radius 2 is 1.70 bits per heavy atom. The Morgan fingerprint density at radius 1 is 1.10 bits per heavy atom. The fourth-order valence-corrected chi connectivity index (χ4v) is 2.59. The summed E-state index contributed by atoms with van der Waals surface area (Å²) in [4.78, 5) is 0. The summed E-state index contributed by atoms with van der Waals surface area (Å²) >= 11 is 0. The van der Waals surface area contributed by atoms with E-state index in [-0.39, 0.29) is 11.6 Å². The molecule has 20 heavy (non-hydrogen) atoms. The first-order valence-corrected chi connectivity index (χ1v) is 9.62. The fraction of sp³-hybridized carbons (Fsp3) is 0.600. The van der Waals surface area contributed by atoms with Crippen molar-refractivity contribution in [1.29, 1.82) is 0 Å². The lowest BCUT2D eigenvalue weighted by molar-refractivity contribution is 0.274. The minimum atomic E-state index is -2.00. The van der Waals surface area contributed by atoms with Gasteiger partial charge >= 0.3 is 0 Å². The Hall–Kier alpha value is -1.20. The van der Waals surface area contributed by atoms with E-state index in [4.69, 9.17) is 13.9 Å². The lowest BCUT2D eigenvalue weighted by atomic mass is 10.2. The first-order chi connectivity index (χ1) is 9.16. The molecule has 0 atom stereocenters. The number of rotatable bonds is 5. The molecule has 0 fully saturated rings. The SMILES string of the molecule is COc1cc(CO)c(O[Si](C)(C)C(C)(C)C)c(OC)c1. The molecule has 0 saturated carbocycles. The van der Waals surface area contributed by atoms with E-state index in [1.165, 1.54) is 0 Å². The highest BCUT2D eigenvalue weighted by atomic mass is 28.4. The van der Waals surface area contributed by atoms with Crippen molar-refractivity contribution in [2.45, 2.75) is 45.5 Å². The molecular formula is C15H26O4Si. The van der Waals surface area contributed by atoms with Gasteiger partial charge < -0.3 is 19.0 Å². The molecule has 114 valence electrons. The molecule has 4 nitrogen and oxygen atoms in total. The van der Waals surface area contributed by atoms with Gasteiger partial charge in [-0.3, -0.25) is 0 Å². The average Bonchev–Trinajstić information content (AvgIpc) is 2.37. The second-order valence-corrected chi connectivity index (χ2v) is 11.1. The van der Waals surface area contributed by atoms with Gasteiger partial charge in [0.1, 0.15) is 5.75 Å². The summed E-state index contributed by atoms with van der Waals surface area (Å²) in [6.07, 6.45) is 0. The number of hydrogen-bond acceptors (Lipinski definition) is 4. The maximum Gasteiger partial charge on any atom is 0.250 e. The van der Waals surface area contributed by atoms with Crippen molar-refractivity contribution < 1.29 is 19.0 Å². The summed E-state index contributed by atoms with van der Waals surface area (Å²) in [5.41, 5.74) is 0.686. The Kier molecular flexibility index (Phi) is 5.10. The third kappa shape index (κ3) is 3.46. The smallest absolute Gasteiger partial charge is 0.250 e. The van der Waals surface area contributed by atoms with Crippen LogP contribution in [0.5, 0.6) is 17.2 Å². The molecule has 0 spiro atoms. The van der Waals surface area contributed by atoms with Crippen LogP contribution in [-0.4, -0.2) is 27.6 Å². The van der Waals surface area contributed by atoms with Crippen LogP contribution in [0.15, 0.2) is 12.1 Å². The average molecular weight is 298 g/mol. The highest BCUT2D eigenvalue weighted by Crippen LogP contribution is 2.43. The first-order valence-electron chi connectivity index (χ1n) is 6.71. The van der Waals surface area contributed by atoms with Gasteiger partial charge in [-0.1, -0.05) is 20.8 Å². The van der Waals surface area contributed by atoms with Gasteiger partial charge in [0.15, 0.2) is 11.5 Å². The topological polar surface area (TPSA) is 47.9 Å². The van der Waals surface area contributed by atoms with Crippen LogP contribution in [0.25, 0.3) is 0 Å². The third-order valence-electron chi connectivity index (χ3n) is 3.89. The summed E-state index contributed by atoms with van der Waals surface area (Å²) in [5, 5.41) is 9.66. The minimum absolute atomic E-state index is 0.0741. The van der Waals surface area contributed by atoms with Gasteiger partial charge in [0.05, 0.1) is 20.8 Å². The molecule has 0 aliphatic heterocycles. The fourth-order valence-electron chi connectivity index (χ4n) is 1.54. The van der Waals surface area contributed by atoms with E-state index < -0.39 is 8.32 Å². The highest BCUT2D eigenvalue weighted by Gasteiger charge is 2.40. The predicted octanol–water partition coefficient (Wildman–Crippen LogP) is 3.58. The van der Waals surface area contributed by atoms with Gasteiger partial charge in [-0.15, -0.1) is 0 Å². The number of benzene rings is 1. The summed E-state index contributed by atoms with van der Waals surface area (Å²) in [7, 11) is 1.18. The van der Waals surface area contributed by atoms with E-state index in [1.807, 2.05) is 0 Å². The normalized spacial score (nSPS) is 12.2. The summed E-state index contributed by atoms with van der Waals surface area (Å²) in [6, 6.07) is 3.56. The van der Waals surface area contributed by atoms with Crippen LogP contribution in [-0.2, 0) is 6.61 Å². The monoisotopic (exact) mass is 298 g/mol. The Bertz CT molecular complexity index is 438. The van der Waals surface area contributed by atoms with Crippen molar-refractivity contribution >= 4 is 8.32 Å². The van der Waals surface area contributed by atoms with E-state index in [0.717, 1.165) is 0 Å². The zero-order valence-electron chi connectivity index (χ0n) is 13.5. The Balaban J connectivity index is 3.30. The lowest BCUT2D eigenvalue weighted by Gasteiger charge is -2.37. The second kappa shape index (κ2) is 6.05.